The number of piperidine rings is 1. The van der Waals surface area contributed by atoms with Crippen LogP contribution in [0.15, 0.2) is 18.2 Å². The molecule has 3 rings (SSSR count). The van der Waals surface area contributed by atoms with Gasteiger partial charge in [0.2, 0.25) is 11.8 Å². The number of anilines is 1. The normalized spacial score (nSPS) is 23.8. The number of carbonyl (C=O) groups excluding carboxylic acids is 2. The number of likely N-dealkylation sites (tertiary alicyclic amines) is 1. The molecule has 2 saturated heterocycles. The summed E-state index contributed by atoms with van der Waals surface area (Å²) in [5, 5.41) is 9.19. The summed E-state index contributed by atoms with van der Waals surface area (Å²) < 4.78 is 0. The lowest BCUT2D eigenvalue weighted by Crippen LogP contribution is -2.45. The van der Waals surface area contributed by atoms with Gasteiger partial charge >= 0.3 is 5.97 Å². The summed E-state index contributed by atoms with van der Waals surface area (Å²) in [5.74, 6) is -1.87. The van der Waals surface area contributed by atoms with Gasteiger partial charge in [0.25, 0.3) is 0 Å². The van der Waals surface area contributed by atoms with Crippen molar-refractivity contribution in [3.8, 4) is 0 Å². The Kier molecular flexibility index (Phi) is 4.79. The molecule has 1 aromatic carbocycles. The molecule has 0 radical (unpaired) electrons. The van der Waals surface area contributed by atoms with Gasteiger partial charge in [-0.2, -0.15) is 0 Å². The van der Waals surface area contributed by atoms with Gasteiger partial charge in [0.15, 0.2) is 0 Å². The Balaban J connectivity index is 1.71. The van der Waals surface area contributed by atoms with Crippen LogP contribution in [0.1, 0.15) is 30.4 Å². The van der Waals surface area contributed by atoms with Crippen molar-refractivity contribution in [2.24, 2.45) is 11.8 Å². The van der Waals surface area contributed by atoms with Crippen LogP contribution in [0.2, 0.25) is 0 Å². The van der Waals surface area contributed by atoms with E-state index in [-0.39, 0.29) is 30.7 Å². The van der Waals surface area contributed by atoms with Crippen molar-refractivity contribution in [1.82, 2.24) is 4.90 Å². The van der Waals surface area contributed by atoms with Crippen LogP contribution in [0.25, 0.3) is 0 Å². The number of rotatable bonds is 3. The van der Waals surface area contributed by atoms with Crippen molar-refractivity contribution < 1.29 is 19.5 Å². The predicted octanol–water partition coefficient (Wildman–Crippen LogP) is 1.98. The second kappa shape index (κ2) is 6.86. The van der Waals surface area contributed by atoms with Gasteiger partial charge < -0.3 is 14.9 Å². The molecule has 0 unspecified atom stereocenters. The van der Waals surface area contributed by atoms with E-state index in [1.807, 2.05) is 32.0 Å². The second-order valence-corrected chi connectivity index (χ2v) is 7.21. The molecule has 1 aromatic rings. The van der Waals surface area contributed by atoms with Crippen molar-refractivity contribution in [3.05, 3.63) is 29.3 Å². The Bertz CT molecular complexity index is 695. The molecule has 0 spiro atoms. The topological polar surface area (TPSA) is 77.9 Å². The zero-order valence-corrected chi connectivity index (χ0v) is 14.7. The van der Waals surface area contributed by atoms with Crippen molar-refractivity contribution in [3.63, 3.8) is 0 Å². The summed E-state index contributed by atoms with van der Waals surface area (Å²) in [6.45, 7) is 5.17. The SMILES string of the molecule is Cc1cc(C)cc(N2C[C@H](C(=O)N3CCC[C@@H](C(=O)O)C3)CC2=O)c1. The predicted molar refractivity (Wildman–Crippen MR) is 93.3 cm³/mol. The zero-order chi connectivity index (χ0) is 18.1. The smallest absolute Gasteiger partial charge is 0.308 e. The van der Waals surface area contributed by atoms with Gasteiger partial charge in [-0.05, 0) is 49.9 Å². The molecule has 6 nitrogen and oxygen atoms in total. The first-order chi connectivity index (χ1) is 11.8. The molecule has 2 amide bonds. The molecule has 0 saturated carbocycles. The summed E-state index contributed by atoms with van der Waals surface area (Å²) in [6.07, 6.45) is 1.50. The Hall–Kier alpha value is -2.37. The third kappa shape index (κ3) is 3.67. The third-order valence-corrected chi connectivity index (χ3v) is 5.07. The molecule has 6 heteroatoms. The lowest BCUT2D eigenvalue weighted by Gasteiger charge is -2.32. The average molecular weight is 344 g/mol. The highest BCUT2D eigenvalue weighted by atomic mass is 16.4. The van der Waals surface area contributed by atoms with Crippen LogP contribution < -0.4 is 4.90 Å². The number of carbonyl (C=O) groups is 3. The highest BCUT2D eigenvalue weighted by molar-refractivity contribution is 6.00. The summed E-state index contributed by atoms with van der Waals surface area (Å²) in [7, 11) is 0. The first-order valence-electron chi connectivity index (χ1n) is 8.75. The molecule has 2 fully saturated rings. The molecule has 0 bridgehead atoms. The Labute approximate surface area is 147 Å². The van der Waals surface area contributed by atoms with E-state index >= 15 is 0 Å². The van der Waals surface area contributed by atoms with Gasteiger partial charge in [-0.15, -0.1) is 0 Å². The van der Waals surface area contributed by atoms with Crippen LogP contribution in [0.4, 0.5) is 5.69 Å². The number of nitrogens with zero attached hydrogens (tertiary/aromatic N) is 2. The number of benzene rings is 1. The van der Waals surface area contributed by atoms with Crippen LogP contribution in [-0.2, 0) is 14.4 Å². The minimum atomic E-state index is -0.850. The maximum atomic E-state index is 12.8. The van der Waals surface area contributed by atoms with Crippen LogP contribution in [0.5, 0.6) is 0 Å². The molecule has 2 atom stereocenters. The summed E-state index contributed by atoms with van der Waals surface area (Å²) >= 11 is 0. The summed E-state index contributed by atoms with van der Waals surface area (Å²) in [4.78, 5) is 39.7. The molecule has 0 aromatic heterocycles. The highest BCUT2D eigenvalue weighted by Crippen LogP contribution is 2.29. The van der Waals surface area contributed by atoms with E-state index in [1.165, 1.54) is 0 Å². The van der Waals surface area contributed by atoms with E-state index in [4.69, 9.17) is 0 Å². The molecular weight excluding hydrogens is 320 g/mol. The van der Waals surface area contributed by atoms with Crippen molar-refractivity contribution in [1.29, 1.82) is 0 Å². The number of aliphatic carboxylic acids is 1. The minimum Gasteiger partial charge on any atom is -0.481 e. The number of carboxylic acids is 1. The standard InChI is InChI=1S/C19H24N2O4/c1-12-6-13(2)8-16(7-12)21-11-15(9-17(21)22)18(23)20-5-3-4-14(10-20)19(24)25/h6-8,14-15H,3-5,9-11H2,1-2H3,(H,24,25)/t14-,15-/m1/s1. The maximum absolute atomic E-state index is 12.8. The Morgan fingerprint density at radius 2 is 1.76 bits per heavy atom. The number of hydrogen-bond donors (Lipinski definition) is 1. The monoisotopic (exact) mass is 344 g/mol. The van der Waals surface area contributed by atoms with E-state index in [0.717, 1.165) is 16.8 Å². The van der Waals surface area contributed by atoms with Gasteiger partial charge in [0, 0.05) is 31.7 Å². The van der Waals surface area contributed by atoms with Crippen molar-refractivity contribution >= 4 is 23.5 Å². The zero-order valence-electron chi connectivity index (χ0n) is 14.7. The molecule has 2 heterocycles. The van der Waals surface area contributed by atoms with Crippen LogP contribution in [0.3, 0.4) is 0 Å². The first kappa shape index (κ1) is 17.5. The van der Waals surface area contributed by atoms with E-state index in [1.54, 1.807) is 9.80 Å². The highest BCUT2D eigenvalue weighted by Gasteiger charge is 2.39. The van der Waals surface area contributed by atoms with E-state index in [2.05, 4.69) is 0 Å². The molecule has 2 aliphatic heterocycles. The maximum Gasteiger partial charge on any atom is 0.308 e. The lowest BCUT2D eigenvalue weighted by molar-refractivity contribution is -0.146. The van der Waals surface area contributed by atoms with Gasteiger partial charge in [-0.3, -0.25) is 14.4 Å². The Morgan fingerprint density at radius 3 is 2.40 bits per heavy atom. The second-order valence-electron chi connectivity index (χ2n) is 7.21. The molecule has 25 heavy (non-hydrogen) atoms. The summed E-state index contributed by atoms with van der Waals surface area (Å²) in [5.41, 5.74) is 3.00. The Morgan fingerprint density at radius 1 is 1.08 bits per heavy atom. The van der Waals surface area contributed by atoms with Crippen LogP contribution >= 0.6 is 0 Å². The number of carboxylic acid groups (broad SMARTS) is 1. The number of aryl methyl sites for hydroxylation is 2. The fourth-order valence-corrected chi connectivity index (χ4v) is 3.87. The molecule has 1 N–H and O–H groups in total. The largest absolute Gasteiger partial charge is 0.481 e. The first-order valence-corrected chi connectivity index (χ1v) is 8.75. The summed E-state index contributed by atoms with van der Waals surface area (Å²) in [6, 6.07) is 5.96. The fourth-order valence-electron chi connectivity index (χ4n) is 3.87. The average Bonchev–Trinajstić information content (AvgIpc) is 2.95. The molecule has 2 aliphatic rings. The van der Waals surface area contributed by atoms with Crippen LogP contribution in [0, 0.1) is 25.7 Å². The lowest BCUT2D eigenvalue weighted by atomic mass is 9.96. The molecular formula is C19H24N2O4. The van der Waals surface area contributed by atoms with Gasteiger partial charge in [-0.1, -0.05) is 6.07 Å². The molecule has 134 valence electrons. The molecule has 0 aliphatic carbocycles. The van der Waals surface area contributed by atoms with Gasteiger partial charge in [-0.25, -0.2) is 0 Å². The quantitative estimate of drug-likeness (QED) is 0.909. The van der Waals surface area contributed by atoms with E-state index in [9.17, 15) is 19.5 Å². The number of amides is 2. The van der Waals surface area contributed by atoms with Gasteiger partial charge in [0.05, 0.1) is 11.8 Å². The minimum absolute atomic E-state index is 0.0462. The number of hydrogen-bond acceptors (Lipinski definition) is 3. The van der Waals surface area contributed by atoms with E-state index in [0.29, 0.717) is 25.9 Å². The van der Waals surface area contributed by atoms with Crippen LogP contribution in [-0.4, -0.2) is 47.4 Å². The van der Waals surface area contributed by atoms with Crippen molar-refractivity contribution in [2.75, 3.05) is 24.5 Å². The third-order valence-electron chi connectivity index (χ3n) is 5.07. The fraction of sp³-hybridized carbons (Fsp3) is 0.526. The van der Waals surface area contributed by atoms with Crippen molar-refractivity contribution in [2.45, 2.75) is 33.1 Å². The van der Waals surface area contributed by atoms with Gasteiger partial charge in [0.1, 0.15) is 0 Å². The van der Waals surface area contributed by atoms with E-state index < -0.39 is 11.9 Å².